The fraction of sp³-hybridized carbons (Fsp3) is 0.0714. The van der Waals surface area contributed by atoms with Gasteiger partial charge in [-0.05, 0) is 24.6 Å². The molecule has 0 radical (unpaired) electrons. The Morgan fingerprint density at radius 3 is 2.12 bits per heavy atom. The molecule has 0 amide bonds. The lowest BCUT2D eigenvalue weighted by Crippen LogP contribution is -1.92. The average Bonchev–Trinajstić information content (AvgIpc) is 2.38. The third-order valence-corrected chi connectivity index (χ3v) is 2.78. The van der Waals surface area contributed by atoms with Crippen LogP contribution in [0.2, 0.25) is 0 Å². The van der Waals surface area contributed by atoms with Crippen molar-refractivity contribution < 1.29 is 0 Å². The second kappa shape index (κ2) is 3.97. The topological polar surface area (TPSA) is 71.4 Å². The summed E-state index contributed by atoms with van der Waals surface area (Å²) in [5, 5.41) is 28.6. The van der Waals surface area contributed by atoms with Gasteiger partial charge < -0.3 is 0 Å². The summed E-state index contributed by atoms with van der Waals surface area (Å²) in [6.07, 6.45) is 0. The number of fused-ring (bicyclic) bond motifs is 1. The van der Waals surface area contributed by atoms with Gasteiger partial charge in [0.15, 0.2) is 0 Å². The summed E-state index contributed by atoms with van der Waals surface area (Å²) in [5.41, 5.74) is 2.11. The Bertz CT molecular complexity index is 737. The van der Waals surface area contributed by atoms with Crippen LogP contribution in [0.1, 0.15) is 22.3 Å². The summed E-state index contributed by atoms with van der Waals surface area (Å²) in [7, 11) is 0. The predicted molar refractivity (Wildman–Crippen MR) is 62.8 cm³/mol. The van der Waals surface area contributed by atoms with E-state index < -0.39 is 0 Å². The van der Waals surface area contributed by atoms with Gasteiger partial charge in [0.25, 0.3) is 0 Å². The number of aryl methyl sites for hydroxylation is 1. The van der Waals surface area contributed by atoms with Crippen molar-refractivity contribution in [2.24, 2.45) is 0 Å². The van der Waals surface area contributed by atoms with E-state index in [4.69, 9.17) is 15.8 Å². The Hall–Kier alpha value is -2.83. The van der Waals surface area contributed by atoms with E-state index in [1.807, 2.05) is 0 Å². The second-order valence-corrected chi connectivity index (χ2v) is 3.66. The van der Waals surface area contributed by atoms with Crippen molar-refractivity contribution in [2.75, 3.05) is 0 Å². The number of hydrogen-bond acceptors (Lipinski definition) is 3. The van der Waals surface area contributed by atoms with E-state index in [2.05, 4.69) is 18.2 Å². The summed E-state index contributed by atoms with van der Waals surface area (Å²) in [6, 6.07) is 13.0. The van der Waals surface area contributed by atoms with Crippen LogP contribution in [0.5, 0.6) is 0 Å². The van der Waals surface area contributed by atoms with Gasteiger partial charge >= 0.3 is 0 Å². The van der Waals surface area contributed by atoms with Gasteiger partial charge in [-0.1, -0.05) is 12.1 Å². The first-order chi connectivity index (χ1) is 8.22. The van der Waals surface area contributed by atoms with Gasteiger partial charge in [0.1, 0.15) is 0 Å². The largest absolute Gasteiger partial charge is 0.192 e. The maximum absolute atomic E-state index is 9.07. The molecular formula is C14H7N3. The molecule has 0 atom stereocenters. The Morgan fingerprint density at radius 1 is 0.882 bits per heavy atom. The van der Waals surface area contributed by atoms with Gasteiger partial charge in [0.2, 0.25) is 0 Å². The summed E-state index contributed by atoms with van der Waals surface area (Å²) in [6.45, 7) is 1.79. The van der Waals surface area contributed by atoms with Crippen molar-refractivity contribution in [3.63, 3.8) is 0 Å². The van der Waals surface area contributed by atoms with E-state index in [0.29, 0.717) is 22.1 Å². The van der Waals surface area contributed by atoms with E-state index in [1.54, 1.807) is 31.2 Å². The molecule has 0 aliphatic rings. The minimum absolute atomic E-state index is 0.430. The maximum atomic E-state index is 9.07. The Balaban J connectivity index is 3.10. The molecule has 0 aromatic heterocycles. The van der Waals surface area contributed by atoms with Crippen molar-refractivity contribution >= 4 is 10.8 Å². The second-order valence-electron chi connectivity index (χ2n) is 3.66. The maximum Gasteiger partial charge on any atom is 0.0998 e. The van der Waals surface area contributed by atoms with E-state index in [9.17, 15) is 0 Å². The van der Waals surface area contributed by atoms with Gasteiger partial charge in [0, 0.05) is 10.8 Å². The Labute approximate surface area is 98.8 Å². The van der Waals surface area contributed by atoms with Gasteiger partial charge in [0.05, 0.1) is 34.9 Å². The number of rotatable bonds is 0. The van der Waals surface area contributed by atoms with Crippen LogP contribution in [0.25, 0.3) is 10.8 Å². The monoisotopic (exact) mass is 217 g/mol. The van der Waals surface area contributed by atoms with E-state index in [-0.39, 0.29) is 0 Å². The zero-order valence-electron chi connectivity index (χ0n) is 9.15. The highest BCUT2D eigenvalue weighted by atomic mass is 14.3. The summed E-state index contributed by atoms with van der Waals surface area (Å²) in [4.78, 5) is 0. The number of nitriles is 3. The number of benzene rings is 2. The fourth-order valence-electron chi connectivity index (χ4n) is 1.95. The van der Waals surface area contributed by atoms with Crippen molar-refractivity contribution in [3.05, 3.63) is 46.5 Å². The Morgan fingerprint density at radius 2 is 1.53 bits per heavy atom. The summed E-state index contributed by atoms with van der Waals surface area (Å²) in [5.74, 6) is 0. The van der Waals surface area contributed by atoms with Crippen molar-refractivity contribution in [2.45, 2.75) is 6.92 Å². The summed E-state index contributed by atoms with van der Waals surface area (Å²) >= 11 is 0. The highest BCUT2D eigenvalue weighted by Crippen LogP contribution is 2.27. The third-order valence-electron chi connectivity index (χ3n) is 2.78. The molecule has 0 N–H and O–H groups in total. The van der Waals surface area contributed by atoms with Crippen LogP contribution in [0, 0.1) is 40.9 Å². The first-order valence-corrected chi connectivity index (χ1v) is 4.99. The van der Waals surface area contributed by atoms with Gasteiger partial charge in [-0.25, -0.2) is 0 Å². The highest BCUT2D eigenvalue weighted by Gasteiger charge is 2.11. The minimum atomic E-state index is 0.430. The average molecular weight is 217 g/mol. The molecule has 0 saturated heterocycles. The van der Waals surface area contributed by atoms with Gasteiger partial charge in [-0.2, -0.15) is 15.8 Å². The zero-order valence-corrected chi connectivity index (χ0v) is 9.15. The molecule has 2 rings (SSSR count). The fourth-order valence-corrected chi connectivity index (χ4v) is 1.95. The van der Waals surface area contributed by atoms with Crippen LogP contribution < -0.4 is 0 Å². The van der Waals surface area contributed by atoms with Crippen molar-refractivity contribution in [1.29, 1.82) is 15.8 Å². The van der Waals surface area contributed by atoms with Crippen LogP contribution in [-0.4, -0.2) is 0 Å². The molecule has 0 bridgehead atoms. The molecule has 3 heteroatoms. The first-order valence-electron chi connectivity index (χ1n) is 4.99. The smallest absolute Gasteiger partial charge is 0.0998 e. The molecule has 0 unspecified atom stereocenters. The summed E-state index contributed by atoms with van der Waals surface area (Å²) < 4.78 is 0. The number of nitrogens with zero attached hydrogens (tertiary/aromatic N) is 3. The highest BCUT2D eigenvalue weighted by molar-refractivity contribution is 5.96. The zero-order chi connectivity index (χ0) is 12.4. The molecule has 0 heterocycles. The molecule has 3 nitrogen and oxygen atoms in total. The Kier molecular flexibility index (Phi) is 2.49. The first kappa shape index (κ1) is 10.7. The van der Waals surface area contributed by atoms with Crippen molar-refractivity contribution in [3.8, 4) is 18.2 Å². The van der Waals surface area contributed by atoms with Gasteiger partial charge in [-0.3, -0.25) is 0 Å². The molecular weight excluding hydrogens is 210 g/mol. The van der Waals surface area contributed by atoms with E-state index in [1.165, 1.54) is 0 Å². The number of hydrogen-bond donors (Lipinski definition) is 0. The SMILES string of the molecule is Cc1c(C#N)cc(C#N)c2cccc(C#N)c12. The minimum Gasteiger partial charge on any atom is -0.192 e. The normalized spacial score (nSPS) is 9.29. The standard InChI is InChI=1S/C14H7N3/c1-9-11(7-16)5-12(8-17)13-4-2-3-10(6-15)14(9)13/h2-5H,1H3. The molecule has 0 aliphatic heterocycles. The van der Waals surface area contributed by atoms with Crippen LogP contribution in [0.4, 0.5) is 0 Å². The molecule has 0 aliphatic carbocycles. The van der Waals surface area contributed by atoms with Crippen LogP contribution in [-0.2, 0) is 0 Å². The molecule has 2 aromatic carbocycles. The van der Waals surface area contributed by atoms with Crippen LogP contribution in [0.3, 0.4) is 0 Å². The molecule has 78 valence electrons. The van der Waals surface area contributed by atoms with E-state index in [0.717, 1.165) is 10.9 Å². The molecule has 0 spiro atoms. The van der Waals surface area contributed by atoms with Crippen LogP contribution >= 0.6 is 0 Å². The third kappa shape index (κ3) is 1.49. The molecule has 17 heavy (non-hydrogen) atoms. The van der Waals surface area contributed by atoms with E-state index >= 15 is 0 Å². The molecule has 2 aromatic rings. The quantitative estimate of drug-likeness (QED) is 0.681. The molecule has 0 saturated carbocycles. The predicted octanol–water partition coefficient (Wildman–Crippen LogP) is 2.76. The van der Waals surface area contributed by atoms with Crippen molar-refractivity contribution in [1.82, 2.24) is 0 Å². The van der Waals surface area contributed by atoms with Gasteiger partial charge in [-0.15, -0.1) is 0 Å². The lowest BCUT2D eigenvalue weighted by Gasteiger charge is -2.07. The molecule has 0 fully saturated rings. The lowest BCUT2D eigenvalue weighted by molar-refractivity contribution is 1.40. The van der Waals surface area contributed by atoms with Crippen LogP contribution in [0.15, 0.2) is 24.3 Å². The lowest BCUT2D eigenvalue weighted by atomic mass is 9.93.